The lowest BCUT2D eigenvalue weighted by Gasteiger charge is -2.33. The zero-order valence-electron chi connectivity index (χ0n) is 12.3. The summed E-state index contributed by atoms with van der Waals surface area (Å²) in [4.78, 5) is 6.64. The maximum Gasteiger partial charge on any atom is 0.0931 e. The summed E-state index contributed by atoms with van der Waals surface area (Å²) in [6.07, 6.45) is 4.81. The van der Waals surface area contributed by atoms with Crippen molar-refractivity contribution in [3.05, 3.63) is 35.7 Å². The molecule has 0 radical (unpaired) electrons. The van der Waals surface area contributed by atoms with Gasteiger partial charge in [-0.2, -0.15) is 0 Å². The van der Waals surface area contributed by atoms with Crippen LogP contribution in [0.25, 0.3) is 0 Å². The van der Waals surface area contributed by atoms with Crippen LogP contribution in [0.15, 0.2) is 30.0 Å². The van der Waals surface area contributed by atoms with Crippen molar-refractivity contribution in [2.75, 3.05) is 18.0 Å². The molecule has 3 nitrogen and oxygen atoms in total. The Hall–Kier alpha value is -1.35. The molecule has 1 N–H and O–H groups in total. The number of rotatable bonds is 2. The molecule has 0 saturated carbocycles. The van der Waals surface area contributed by atoms with Crippen molar-refractivity contribution < 1.29 is 5.11 Å². The zero-order chi connectivity index (χ0) is 14.0. The van der Waals surface area contributed by atoms with Crippen LogP contribution >= 0.6 is 0 Å². The second kappa shape index (κ2) is 5.33. The van der Waals surface area contributed by atoms with Gasteiger partial charge in [0.1, 0.15) is 0 Å². The van der Waals surface area contributed by atoms with Gasteiger partial charge in [-0.3, -0.25) is 4.98 Å². The Morgan fingerprint density at radius 1 is 1.32 bits per heavy atom. The Bertz CT molecular complexity index is 455. The molecule has 2 rings (SSSR count). The van der Waals surface area contributed by atoms with Crippen molar-refractivity contribution in [3.63, 3.8) is 0 Å². The molecule has 0 aromatic carbocycles. The predicted octanol–water partition coefficient (Wildman–Crippen LogP) is 3.32. The molecule has 1 aromatic heterocycles. The molecule has 0 aliphatic carbocycles. The molecule has 3 heteroatoms. The van der Waals surface area contributed by atoms with Crippen LogP contribution in [0.1, 0.15) is 45.9 Å². The zero-order valence-corrected chi connectivity index (χ0v) is 12.3. The third kappa shape index (κ3) is 3.35. The molecule has 0 bridgehead atoms. The van der Waals surface area contributed by atoms with E-state index in [0.717, 1.165) is 30.9 Å². The van der Waals surface area contributed by atoms with Gasteiger partial charge < -0.3 is 10.0 Å². The second-order valence-corrected chi connectivity index (χ2v) is 6.29. The van der Waals surface area contributed by atoms with Crippen LogP contribution in [0.4, 0.5) is 5.69 Å². The second-order valence-electron chi connectivity index (χ2n) is 6.29. The minimum Gasteiger partial charge on any atom is -0.387 e. The quantitative estimate of drug-likeness (QED) is 0.829. The van der Waals surface area contributed by atoms with Crippen molar-refractivity contribution in [2.24, 2.45) is 5.41 Å². The third-order valence-electron chi connectivity index (χ3n) is 3.74. The molecule has 0 amide bonds. The molecule has 2 heterocycles. The van der Waals surface area contributed by atoms with Crippen LogP contribution in [0.3, 0.4) is 0 Å². The smallest absolute Gasteiger partial charge is 0.0931 e. The Morgan fingerprint density at radius 2 is 2.05 bits per heavy atom. The van der Waals surface area contributed by atoms with Gasteiger partial charge in [0.2, 0.25) is 0 Å². The third-order valence-corrected chi connectivity index (χ3v) is 3.74. The summed E-state index contributed by atoms with van der Waals surface area (Å²) in [5.74, 6) is 0. The number of anilines is 1. The van der Waals surface area contributed by atoms with E-state index in [2.05, 4.69) is 36.7 Å². The summed E-state index contributed by atoms with van der Waals surface area (Å²) in [5.41, 5.74) is 3.68. The van der Waals surface area contributed by atoms with E-state index in [1.165, 1.54) is 5.57 Å². The lowest BCUT2D eigenvalue weighted by atomic mass is 9.83. The van der Waals surface area contributed by atoms with Crippen LogP contribution in [-0.2, 0) is 0 Å². The van der Waals surface area contributed by atoms with Gasteiger partial charge in [0.25, 0.3) is 0 Å². The molecule has 1 aliphatic rings. The number of aromatic nitrogens is 1. The summed E-state index contributed by atoms with van der Waals surface area (Å²) in [6, 6.07) is 3.95. The number of hydrogen-bond acceptors (Lipinski definition) is 3. The normalized spacial score (nSPS) is 18.2. The lowest BCUT2D eigenvalue weighted by Crippen LogP contribution is -2.31. The van der Waals surface area contributed by atoms with Crippen molar-refractivity contribution in [3.8, 4) is 0 Å². The Labute approximate surface area is 116 Å². The SMILES string of the molecule is C[C@H](O)c1ccc(N2CC=C(C(C)(C)C)CC2)cn1. The molecule has 0 unspecified atom stereocenters. The van der Waals surface area contributed by atoms with Crippen LogP contribution < -0.4 is 4.90 Å². The van der Waals surface area contributed by atoms with Gasteiger partial charge in [0.05, 0.1) is 23.7 Å². The average molecular weight is 260 g/mol. The molecule has 0 fully saturated rings. The van der Waals surface area contributed by atoms with E-state index in [-0.39, 0.29) is 5.41 Å². The first-order chi connectivity index (χ1) is 8.88. The Balaban J connectivity index is 2.07. The van der Waals surface area contributed by atoms with E-state index in [0.29, 0.717) is 0 Å². The fourth-order valence-corrected chi connectivity index (χ4v) is 2.42. The lowest BCUT2D eigenvalue weighted by molar-refractivity contribution is 0.194. The maximum atomic E-state index is 9.46. The standard InChI is InChI=1S/C16H24N2O/c1-12(19)15-6-5-14(11-17-15)18-9-7-13(8-10-18)16(2,3)4/h5-7,11-12,19H,8-10H2,1-4H3/t12-/m0/s1. The van der Waals surface area contributed by atoms with Crippen LogP contribution in [0.5, 0.6) is 0 Å². The fraction of sp³-hybridized carbons (Fsp3) is 0.562. The van der Waals surface area contributed by atoms with Gasteiger partial charge in [-0.05, 0) is 30.9 Å². The van der Waals surface area contributed by atoms with E-state index in [4.69, 9.17) is 0 Å². The molecule has 1 aromatic rings. The summed E-state index contributed by atoms with van der Waals surface area (Å²) < 4.78 is 0. The highest BCUT2D eigenvalue weighted by molar-refractivity contribution is 5.47. The minimum absolute atomic E-state index is 0.278. The van der Waals surface area contributed by atoms with E-state index >= 15 is 0 Å². The number of nitrogens with zero attached hydrogens (tertiary/aromatic N) is 2. The van der Waals surface area contributed by atoms with Gasteiger partial charge in [-0.1, -0.05) is 32.4 Å². The highest BCUT2D eigenvalue weighted by Crippen LogP contribution is 2.31. The largest absolute Gasteiger partial charge is 0.387 e. The number of aliphatic hydroxyl groups excluding tert-OH is 1. The van der Waals surface area contributed by atoms with Crippen molar-refractivity contribution in [1.29, 1.82) is 0 Å². The molecule has 0 saturated heterocycles. The van der Waals surface area contributed by atoms with E-state index in [9.17, 15) is 5.11 Å². The van der Waals surface area contributed by atoms with Crippen LogP contribution in [0.2, 0.25) is 0 Å². The van der Waals surface area contributed by atoms with Gasteiger partial charge in [-0.15, -0.1) is 0 Å². The molecule has 0 spiro atoms. The number of pyridine rings is 1. The van der Waals surface area contributed by atoms with Crippen molar-refractivity contribution in [1.82, 2.24) is 4.98 Å². The predicted molar refractivity (Wildman–Crippen MR) is 79.2 cm³/mol. The molecular weight excluding hydrogens is 236 g/mol. The summed E-state index contributed by atoms with van der Waals surface area (Å²) in [7, 11) is 0. The Morgan fingerprint density at radius 3 is 2.47 bits per heavy atom. The Kier molecular flexibility index (Phi) is 3.95. The summed E-state index contributed by atoms with van der Waals surface area (Å²) in [5, 5.41) is 9.46. The van der Waals surface area contributed by atoms with E-state index in [1.807, 2.05) is 18.3 Å². The molecule has 1 aliphatic heterocycles. The summed E-state index contributed by atoms with van der Waals surface area (Å²) in [6.45, 7) is 10.5. The van der Waals surface area contributed by atoms with Crippen molar-refractivity contribution >= 4 is 5.69 Å². The highest BCUT2D eigenvalue weighted by Gasteiger charge is 2.21. The topological polar surface area (TPSA) is 36.4 Å². The van der Waals surface area contributed by atoms with E-state index < -0.39 is 6.10 Å². The van der Waals surface area contributed by atoms with Gasteiger partial charge in [0, 0.05) is 13.1 Å². The average Bonchev–Trinajstić information content (AvgIpc) is 2.38. The van der Waals surface area contributed by atoms with Crippen LogP contribution in [0, 0.1) is 5.41 Å². The van der Waals surface area contributed by atoms with E-state index in [1.54, 1.807) is 6.92 Å². The van der Waals surface area contributed by atoms with Gasteiger partial charge in [-0.25, -0.2) is 0 Å². The summed E-state index contributed by atoms with van der Waals surface area (Å²) >= 11 is 0. The molecule has 104 valence electrons. The molecule has 1 atom stereocenters. The molecular formula is C16H24N2O. The first kappa shape index (κ1) is 14.1. The number of hydrogen-bond donors (Lipinski definition) is 1. The van der Waals surface area contributed by atoms with Gasteiger partial charge >= 0.3 is 0 Å². The monoisotopic (exact) mass is 260 g/mol. The minimum atomic E-state index is -0.497. The van der Waals surface area contributed by atoms with Crippen LogP contribution in [-0.4, -0.2) is 23.2 Å². The van der Waals surface area contributed by atoms with Gasteiger partial charge in [0.15, 0.2) is 0 Å². The highest BCUT2D eigenvalue weighted by atomic mass is 16.3. The van der Waals surface area contributed by atoms with Crippen molar-refractivity contribution in [2.45, 2.75) is 40.2 Å². The first-order valence-corrected chi connectivity index (χ1v) is 6.96. The maximum absolute atomic E-state index is 9.46. The number of aliphatic hydroxyl groups is 1. The molecule has 19 heavy (non-hydrogen) atoms. The fourth-order valence-electron chi connectivity index (χ4n) is 2.42. The first-order valence-electron chi connectivity index (χ1n) is 6.96.